The van der Waals surface area contributed by atoms with Gasteiger partial charge in [0, 0.05) is 6.54 Å². The van der Waals surface area contributed by atoms with E-state index in [1.165, 1.54) is 0 Å². The maximum atomic E-state index is 11.5. The van der Waals surface area contributed by atoms with E-state index >= 15 is 0 Å². The van der Waals surface area contributed by atoms with Crippen LogP contribution in [0.1, 0.15) is 40.0 Å². The standard InChI is InChI=1S/C10H21NO2/c1-4-5-6-10(2,3)9(12)13-8-7-11/h4-8,11H2,1-3H3. The minimum atomic E-state index is -0.356. The van der Waals surface area contributed by atoms with Crippen LogP contribution in [-0.4, -0.2) is 19.1 Å². The molecule has 13 heavy (non-hydrogen) atoms. The summed E-state index contributed by atoms with van der Waals surface area (Å²) < 4.78 is 4.99. The zero-order valence-electron chi connectivity index (χ0n) is 8.93. The highest BCUT2D eigenvalue weighted by Crippen LogP contribution is 2.24. The number of nitrogens with two attached hydrogens (primary N) is 1. The summed E-state index contributed by atoms with van der Waals surface area (Å²) in [5, 5.41) is 0. The number of esters is 1. The van der Waals surface area contributed by atoms with Crippen LogP contribution in [-0.2, 0) is 9.53 Å². The second-order valence-corrected chi connectivity index (χ2v) is 3.91. The summed E-state index contributed by atoms with van der Waals surface area (Å²) in [6, 6.07) is 0. The monoisotopic (exact) mass is 187 g/mol. The molecule has 0 unspecified atom stereocenters. The first kappa shape index (κ1) is 12.4. The molecule has 78 valence electrons. The predicted octanol–water partition coefficient (Wildman–Crippen LogP) is 1.70. The van der Waals surface area contributed by atoms with Crippen molar-refractivity contribution < 1.29 is 9.53 Å². The zero-order valence-corrected chi connectivity index (χ0v) is 8.93. The number of ether oxygens (including phenoxy) is 1. The SMILES string of the molecule is CCCCC(C)(C)C(=O)OCCN. The van der Waals surface area contributed by atoms with Crippen molar-refractivity contribution in [2.24, 2.45) is 11.1 Å². The highest BCUT2D eigenvalue weighted by molar-refractivity contribution is 5.75. The topological polar surface area (TPSA) is 52.3 Å². The lowest BCUT2D eigenvalue weighted by molar-refractivity contribution is -0.154. The van der Waals surface area contributed by atoms with Gasteiger partial charge < -0.3 is 10.5 Å². The van der Waals surface area contributed by atoms with E-state index in [1.54, 1.807) is 0 Å². The number of hydrogen-bond acceptors (Lipinski definition) is 3. The smallest absolute Gasteiger partial charge is 0.311 e. The van der Waals surface area contributed by atoms with Gasteiger partial charge in [0.05, 0.1) is 5.41 Å². The fourth-order valence-electron chi connectivity index (χ4n) is 1.07. The number of unbranched alkanes of at least 4 members (excludes halogenated alkanes) is 1. The number of hydrogen-bond donors (Lipinski definition) is 1. The first-order valence-electron chi connectivity index (χ1n) is 4.92. The van der Waals surface area contributed by atoms with E-state index in [2.05, 4.69) is 6.92 Å². The first-order valence-corrected chi connectivity index (χ1v) is 4.92. The van der Waals surface area contributed by atoms with E-state index < -0.39 is 0 Å². The molecule has 0 aromatic rings. The van der Waals surface area contributed by atoms with E-state index in [1.807, 2.05) is 13.8 Å². The Balaban J connectivity index is 3.87. The van der Waals surface area contributed by atoms with E-state index in [0.29, 0.717) is 13.2 Å². The van der Waals surface area contributed by atoms with E-state index in [-0.39, 0.29) is 11.4 Å². The molecule has 0 aromatic carbocycles. The second-order valence-electron chi connectivity index (χ2n) is 3.91. The molecule has 0 atom stereocenters. The van der Waals surface area contributed by atoms with Gasteiger partial charge in [0.25, 0.3) is 0 Å². The molecule has 0 aliphatic heterocycles. The van der Waals surface area contributed by atoms with Crippen LogP contribution in [0.4, 0.5) is 0 Å². The molecule has 3 heteroatoms. The summed E-state index contributed by atoms with van der Waals surface area (Å²) in [6.07, 6.45) is 3.05. The minimum Gasteiger partial charge on any atom is -0.464 e. The van der Waals surface area contributed by atoms with Crippen LogP contribution in [0, 0.1) is 5.41 Å². The first-order chi connectivity index (χ1) is 6.04. The molecule has 0 aromatic heterocycles. The molecule has 0 amide bonds. The van der Waals surface area contributed by atoms with Gasteiger partial charge in [0.15, 0.2) is 0 Å². The zero-order chi connectivity index (χ0) is 10.3. The molecular weight excluding hydrogens is 166 g/mol. The third kappa shape index (κ3) is 4.88. The van der Waals surface area contributed by atoms with Crippen molar-refractivity contribution in [2.45, 2.75) is 40.0 Å². The van der Waals surface area contributed by atoms with Crippen molar-refractivity contribution in [3.8, 4) is 0 Å². The average Bonchev–Trinajstić information content (AvgIpc) is 2.10. The molecule has 0 bridgehead atoms. The number of carbonyl (C=O) groups excluding carboxylic acids is 1. The van der Waals surface area contributed by atoms with Crippen LogP contribution in [0.25, 0.3) is 0 Å². The molecule has 0 spiro atoms. The molecule has 0 radical (unpaired) electrons. The molecule has 3 nitrogen and oxygen atoms in total. The highest BCUT2D eigenvalue weighted by Gasteiger charge is 2.28. The predicted molar refractivity (Wildman–Crippen MR) is 53.3 cm³/mol. The van der Waals surface area contributed by atoms with Gasteiger partial charge in [-0.2, -0.15) is 0 Å². The van der Waals surface area contributed by atoms with E-state index in [0.717, 1.165) is 19.3 Å². The van der Waals surface area contributed by atoms with Crippen molar-refractivity contribution in [1.82, 2.24) is 0 Å². The fourth-order valence-corrected chi connectivity index (χ4v) is 1.07. The van der Waals surface area contributed by atoms with Crippen molar-refractivity contribution in [3.05, 3.63) is 0 Å². The van der Waals surface area contributed by atoms with Crippen molar-refractivity contribution in [1.29, 1.82) is 0 Å². The quantitative estimate of drug-likeness (QED) is 0.644. The van der Waals surface area contributed by atoms with Gasteiger partial charge in [-0.3, -0.25) is 4.79 Å². The number of rotatable bonds is 6. The Kier molecular flexibility index (Phi) is 5.71. The summed E-state index contributed by atoms with van der Waals surface area (Å²) in [4.78, 5) is 11.5. The van der Waals surface area contributed by atoms with Crippen LogP contribution >= 0.6 is 0 Å². The molecule has 0 aliphatic rings. The average molecular weight is 187 g/mol. The van der Waals surface area contributed by atoms with Crippen molar-refractivity contribution >= 4 is 5.97 Å². The summed E-state index contributed by atoms with van der Waals surface area (Å²) >= 11 is 0. The lowest BCUT2D eigenvalue weighted by Crippen LogP contribution is -2.28. The molecule has 0 fully saturated rings. The van der Waals surface area contributed by atoms with Gasteiger partial charge in [0.2, 0.25) is 0 Å². The van der Waals surface area contributed by atoms with Gasteiger partial charge in [-0.1, -0.05) is 19.8 Å². The highest BCUT2D eigenvalue weighted by atomic mass is 16.5. The third-order valence-corrected chi connectivity index (χ3v) is 2.06. The molecule has 2 N–H and O–H groups in total. The molecule has 0 rings (SSSR count). The maximum absolute atomic E-state index is 11.5. The molecule has 0 saturated carbocycles. The van der Waals surface area contributed by atoms with Crippen LogP contribution in [0.15, 0.2) is 0 Å². The van der Waals surface area contributed by atoms with Gasteiger partial charge in [-0.15, -0.1) is 0 Å². The van der Waals surface area contributed by atoms with Gasteiger partial charge >= 0.3 is 5.97 Å². The van der Waals surface area contributed by atoms with Crippen LogP contribution in [0.3, 0.4) is 0 Å². The van der Waals surface area contributed by atoms with Crippen LogP contribution in [0.5, 0.6) is 0 Å². The second kappa shape index (κ2) is 5.97. The summed E-state index contributed by atoms with van der Waals surface area (Å²) in [7, 11) is 0. The summed E-state index contributed by atoms with van der Waals surface area (Å²) in [6.45, 7) is 6.67. The minimum absolute atomic E-state index is 0.133. The van der Waals surface area contributed by atoms with E-state index in [4.69, 9.17) is 10.5 Å². The lowest BCUT2D eigenvalue weighted by atomic mass is 9.87. The molecular formula is C10H21NO2. The van der Waals surface area contributed by atoms with Gasteiger partial charge in [0.1, 0.15) is 6.61 Å². The van der Waals surface area contributed by atoms with Crippen molar-refractivity contribution in [3.63, 3.8) is 0 Å². The Morgan fingerprint density at radius 1 is 1.46 bits per heavy atom. The Bertz CT molecular complexity index is 155. The van der Waals surface area contributed by atoms with Gasteiger partial charge in [-0.25, -0.2) is 0 Å². The largest absolute Gasteiger partial charge is 0.464 e. The number of carbonyl (C=O) groups is 1. The van der Waals surface area contributed by atoms with E-state index in [9.17, 15) is 4.79 Å². The fraction of sp³-hybridized carbons (Fsp3) is 0.900. The van der Waals surface area contributed by atoms with Crippen LogP contribution < -0.4 is 5.73 Å². The Hall–Kier alpha value is -0.570. The Labute approximate surface area is 80.6 Å². The van der Waals surface area contributed by atoms with Crippen molar-refractivity contribution in [2.75, 3.05) is 13.2 Å². The Morgan fingerprint density at radius 3 is 2.54 bits per heavy atom. The molecule has 0 aliphatic carbocycles. The summed E-state index contributed by atoms with van der Waals surface area (Å²) in [5.74, 6) is -0.133. The lowest BCUT2D eigenvalue weighted by Gasteiger charge is -2.21. The van der Waals surface area contributed by atoms with Gasteiger partial charge in [-0.05, 0) is 20.3 Å². The van der Waals surface area contributed by atoms with Crippen LogP contribution in [0.2, 0.25) is 0 Å². The Morgan fingerprint density at radius 2 is 2.08 bits per heavy atom. The molecule has 0 saturated heterocycles. The third-order valence-electron chi connectivity index (χ3n) is 2.06. The normalized spacial score (nSPS) is 11.4. The maximum Gasteiger partial charge on any atom is 0.311 e. The summed E-state index contributed by atoms with van der Waals surface area (Å²) in [5.41, 5.74) is 4.89. The molecule has 0 heterocycles.